The summed E-state index contributed by atoms with van der Waals surface area (Å²) in [5.41, 5.74) is 3.09. The fraction of sp³-hybridized carbons (Fsp3) is 0.194. The normalized spacial score (nSPS) is 11.1. The number of carbonyl (C=O) groups is 1. The van der Waals surface area contributed by atoms with E-state index in [2.05, 4.69) is 20.2 Å². The highest BCUT2D eigenvalue weighted by molar-refractivity contribution is 6.00. The number of aromatic nitrogens is 4. The van der Waals surface area contributed by atoms with Gasteiger partial charge in [0.2, 0.25) is 0 Å². The van der Waals surface area contributed by atoms with Crippen molar-refractivity contribution in [1.29, 1.82) is 0 Å². The van der Waals surface area contributed by atoms with E-state index in [-0.39, 0.29) is 35.5 Å². The van der Waals surface area contributed by atoms with Gasteiger partial charge < -0.3 is 14.2 Å². The number of fused-ring (bicyclic) bond motifs is 1. The van der Waals surface area contributed by atoms with Gasteiger partial charge in [0.1, 0.15) is 17.1 Å². The average Bonchev–Trinajstić information content (AvgIpc) is 2.95. The lowest BCUT2D eigenvalue weighted by Gasteiger charge is -2.18. The number of rotatable bonds is 9. The van der Waals surface area contributed by atoms with Gasteiger partial charge in [0, 0.05) is 30.3 Å². The molecule has 208 valence electrons. The summed E-state index contributed by atoms with van der Waals surface area (Å²) in [6.45, 7) is 5.38. The predicted molar refractivity (Wildman–Crippen MR) is 149 cm³/mol. The van der Waals surface area contributed by atoms with Gasteiger partial charge in [-0.1, -0.05) is 18.2 Å². The van der Waals surface area contributed by atoms with Gasteiger partial charge in [0.15, 0.2) is 34.5 Å². The first-order chi connectivity index (χ1) is 19.7. The van der Waals surface area contributed by atoms with Crippen molar-refractivity contribution in [2.45, 2.75) is 33.3 Å². The number of hydrogen-bond donors (Lipinski definition) is 0. The molecule has 0 bridgehead atoms. The van der Waals surface area contributed by atoms with Crippen LogP contribution in [0.25, 0.3) is 22.2 Å². The highest BCUT2D eigenvalue weighted by Gasteiger charge is 2.24. The van der Waals surface area contributed by atoms with E-state index in [1.807, 2.05) is 13.8 Å². The van der Waals surface area contributed by atoms with Crippen LogP contribution in [0.3, 0.4) is 0 Å². The summed E-state index contributed by atoms with van der Waals surface area (Å²) in [6.07, 6.45) is 2.61. The lowest BCUT2D eigenvalue weighted by atomic mass is 9.99. The molecule has 41 heavy (non-hydrogen) atoms. The van der Waals surface area contributed by atoms with Crippen LogP contribution in [-0.2, 0) is 6.42 Å². The number of nitrogens with zero attached hydrogens (tertiary/aromatic N) is 4. The minimum atomic E-state index is -0.658. The van der Waals surface area contributed by atoms with Crippen molar-refractivity contribution in [2.75, 3.05) is 7.11 Å². The molecule has 8 nitrogen and oxygen atoms in total. The largest absolute Gasteiger partial charge is 0.495 e. The standard InChI is InChI=1S/C31H26F2N4O4/c1-17(2)40-31-28(20-6-8-21(32)9-7-20)18(3)36-37-30(31)25(38)14-19-5-10-26(23(33)13-19)41-27-11-12-34-24-15-22(39-4)16-35-29(24)27/h5-13,15-17H,14H2,1-4H3. The Bertz CT molecular complexity index is 1740. The Hall–Kier alpha value is -4.99. The van der Waals surface area contributed by atoms with Crippen molar-refractivity contribution >= 4 is 16.8 Å². The summed E-state index contributed by atoms with van der Waals surface area (Å²) in [6, 6.07) is 13.4. The van der Waals surface area contributed by atoms with Crippen LogP contribution in [0.1, 0.15) is 35.6 Å². The Morgan fingerprint density at radius 1 is 0.951 bits per heavy atom. The lowest BCUT2D eigenvalue weighted by Crippen LogP contribution is -2.16. The molecule has 2 aromatic carbocycles. The molecule has 3 heterocycles. The number of ether oxygens (including phenoxy) is 3. The van der Waals surface area contributed by atoms with Crippen LogP contribution < -0.4 is 14.2 Å². The smallest absolute Gasteiger partial charge is 0.191 e. The highest BCUT2D eigenvalue weighted by Crippen LogP contribution is 2.36. The van der Waals surface area contributed by atoms with Crippen LogP contribution in [0.2, 0.25) is 0 Å². The maximum atomic E-state index is 15.2. The van der Waals surface area contributed by atoms with Crippen molar-refractivity contribution in [2.24, 2.45) is 0 Å². The van der Waals surface area contributed by atoms with E-state index in [0.29, 0.717) is 44.9 Å². The minimum Gasteiger partial charge on any atom is -0.495 e. The third kappa shape index (κ3) is 5.96. The molecule has 0 aliphatic rings. The number of Topliss-reactive ketones (excluding diaryl/α,β-unsaturated/α-hetero) is 1. The van der Waals surface area contributed by atoms with E-state index in [1.165, 1.54) is 43.8 Å². The Balaban J connectivity index is 1.42. The molecule has 0 fully saturated rings. The molecule has 3 aromatic heterocycles. The van der Waals surface area contributed by atoms with Gasteiger partial charge in [0.25, 0.3) is 0 Å². The number of benzene rings is 2. The fourth-order valence-electron chi connectivity index (χ4n) is 4.30. The number of aryl methyl sites for hydroxylation is 1. The van der Waals surface area contributed by atoms with Crippen molar-refractivity contribution < 1.29 is 27.8 Å². The van der Waals surface area contributed by atoms with Crippen molar-refractivity contribution in [3.8, 4) is 34.1 Å². The van der Waals surface area contributed by atoms with Gasteiger partial charge in [-0.25, -0.2) is 13.8 Å². The summed E-state index contributed by atoms with van der Waals surface area (Å²) in [4.78, 5) is 22.0. The molecule has 0 aliphatic heterocycles. The molecule has 5 rings (SSSR count). The van der Waals surface area contributed by atoms with Gasteiger partial charge in [-0.05, 0) is 56.2 Å². The number of methoxy groups -OCH3 is 1. The molecule has 0 radical (unpaired) electrons. The second kappa shape index (κ2) is 11.6. The monoisotopic (exact) mass is 556 g/mol. The van der Waals surface area contributed by atoms with Crippen molar-refractivity contribution in [1.82, 2.24) is 20.2 Å². The first-order valence-corrected chi connectivity index (χ1v) is 12.8. The SMILES string of the molecule is COc1cnc2c(Oc3ccc(CC(=O)c4nnc(C)c(-c5ccc(F)cc5)c4OC(C)C)cc3F)ccnc2c1. The number of carbonyl (C=O) groups excluding carboxylic acids is 1. The quantitative estimate of drug-likeness (QED) is 0.185. The van der Waals surface area contributed by atoms with Gasteiger partial charge in [-0.3, -0.25) is 9.78 Å². The van der Waals surface area contributed by atoms with Crippen LogP contribution in [0.4, 0.5) is 8.78 Å². The zero-order valence-corrected chi connectivity index (χ0v) is 22.8. The molecular weight excluding hydrogens is 530 g/mol. The van der Waals surface area contributed by atoms with Crippen LogP contribution >= 0.6 is 0 Å². The third-order valence-corrected chi connectivity index (χ3v) is 6.19. The maximum absolute atomic E-state index is 15.2. The molecule has 0 unspecified atom stereocenters. The van der Waals surface area contributed by atoms with Gasteiger partial charge in [-0.15, -0.1) is 5.10 Å². The topological polar surface area (TPSA) is 96.3 Å². The molecule has 5 aromatic rings. The Morgan fingerprint density at radius 3 is 2.44 bits per heavy atom. The molecule has 0 saturated carbocycles. The molecule has 0 atom stereocenters. The van der Waals surface area contributed by atoms with E-state index in [9.17, 15) is 9.18 Å². The molecular formula is C31H26F2N4O4. The van der Waals surface area contributed by atoms with Crippen LogP contribution in [0.15, 0.2) is 67.0 Å². The Morgan fingerprint density at radius 2 is 1.73 bits per heavy atom. The average molecular weight is 557 g/mol. The molecule has 0 spiro atoms. The van der Waals surface area contributed by atoms with Crippen LogP contribution in [-0.4, -0.2) is 39.2 Å². The van der Waals surface area contributed by atoms with E-state index < -0.39 is 11.6 Å². The summed E-state index contributed by atoms with van der Waals surface area (Å²) in [7, 11) is 1.53. The predicted octanol–water partition coefficient (Wildman–Crippen LogP) is 6.69. The van der Waals surface area contributed by atoms with Gasteiger partial charge >= 0.3 is 0 Å². The first-order valence-electron chi connectivity index (χ1n) is 12.8. The van der Waals surface area contributed by atoms with Crippen molar-refractivity contribution in [3.05, 3.63) is 95.6 Å². The Kier molecular flexibility index (Phi) is 7.82. The fourth-order valence-corrected chi connectivity index (χ4v) is 4.30. The summed E-state index contributed by atoms with van der Waals surface area (Å²) in [5.74, 6) is -0.398. The highest BCUT2D eigenvalue weighted by atomic mass is 19.1. The van der Waals surface area contributed by atoms with Gasteiger partial charge in [-0.2, -0.15) is 5.10 Å². The second-order valence-electron chi connectivity index (χ2n) is 9.53. The molecule has 0 amide bonds. The number of halogens is 2. The van der Waals surface area contributed by atoms with Crippen molar-refractivity contribution in [3.63, 3.8) is 0 Å². The number of hydrogen-bond acceptors (Lipinski definition) is 8. The maximum Gasteiger partial charge on any atom is 0.191 e. The van der Waals surface area contributed by atoms with Crippen LogP contribution in [0, 0.1) is 18.6 Å². The summed E-state index contributed by atoms with van der Waals surface area (Å²) >= 11 is 0. The van der Waals surface area contributed by atoms with E-state index in [4.69, 9.17) is 14.2 Å². The number of pyridine rings is 2. The summed E-state index contributed by atoms with van der Waals surface area (Å²) in [5, 5.41) is 8.29. The van der Waals surface area contributed by atoms with Gasteiger partial charge in [0.05, 0.1) is 30.6 Å². The molecule has 0 saturated heterocycles. The third-order valence-electron chi connectivity index (χ3n) is 6.19. The van der Waals surface area contributed by atoms with E-state index >= 15 is 4.39 Å². The summed E-state index contributed by atoms with van der Waals surface area (Å²) < 4.78 is 45.8. The molecule has 0 aliphatic carbocycles. The second-order valence-corrected chi connectivity index (χ2v) is 9.53. The van der Waals surface area contributed by atoms with E-state index in [0.717, 1.165) is 0 Å². The number of ketones is 1. The molecule has 10 heteroatoms. The zero-order chi connectivity index (χ0) is 29.1. The van der Waals surface area contributed by atoms with Crippen LogP contribution in [0.5, 0.6) is 23.0 Å². The zero-order valence-electron chi connectivity index (χ0n) is 22.8. The minimum absolute atomic E-state index is 0.00844. The lowest BCUT2D eigenvalue weighted by molar-refractivity contribution is 0.0980. The first kappa shape index (κ1) is 27.6. The molecule has 0 N–H and O–H groups in total. The Labute approximate surface area is 235 Å². The van der Waals surface area contributed by atoms with E-state index in [1.54, 1.807) is 37.3 Å².